The highest BCUT2D eigenvalue weighted by Crippen LogP contribution is 2.19. The standard InChI is InChI=1S/C21H20FN3O/c1-15-5-3-7-20(16(15)2)25-12-4-6-19(25)14-23-24-21(26)13-17-8-10-18(22)11-9-17/h3-12,14H,13H2,1-2H3,(H,24,26)/b23-14+. The number of hydrogen-bond acceptors (Lipinski definition) is 2. The summed E-state index contributed by atoms with van der Waals surface area (Å²) in [5.41, 5.74) is 7.59. The maximum Gasteiger partial charge on any atom is 0.244 e. The molecule has 3 rings (SSSR count). The third-order valence-corrected chi connectivity index (χ3v) is 4.28. The van der Waals surface area contributed by atoms with Crippen molar-refractivity contribution in [2.75, 3.05) is 0 Å². The van der Waals surface area contributed by atoms with Crippen molar-refractivity contribution >= 4 is 12.1 Å². The Balaban J connectivity index is 1.68. The number of aryl methyl sites for hydroxylation is 1. The van der Waals surface area contributed by atoms with Gasteiger partial charge in [0, 0.05) is 11.9 Å². The second-order valence-electron chi connectivity index (χ2n) is 6.12. The van der Waals surface area contributed by atoms with Crippen molar-refractivity contribution in [1.29, 1.82) is 0 Å². The van der Waals surface area contributed by atoms with Crippen molar-refractivity contribution in [3.63, 3.8) is 0 Å². The number of hydrazone groups is 1. The fraction of sp³-hybridized carbons (Fsp3) is 0.143. The SMILES string of the molecule is Cc1cccc(-n2cccc2/C=N/NC(=O)Cc2ccc(F)cc2)c1C. The Hall–Kier alpha value is -3.21. The number of carbonyl (C=O) groups excluding carboxylic acids is 1. The topological polar surface area (TPSA) is 46.4 Å². The molecule has 0 spiro atoms. The van der Waals surface area contributed by atoms with E-state index in [1.54, 1.807) is 18.3 Å². The van der Waals surface area contributed by atoms with Crippen molar-refractivity contribution in [1.82, 2.24) is 9.99 Å². The van der Waals surface area contributed by atoms with Crippen molar-refractivity contribution in [3.8, 4) is 5.69 Å². The molecule has 0 saturated heterocycles. The van der Waals surface area contributed by atoms with Gasteiger partial charge in [0.25, 0.3) is 0 Å². The van der Waals surface area contributed by atoms with E-state index in [9.17, 15) is 9.18 Å². The third-order valence-electron chi connectivity index (χ3n) is 4.28. The van der Waals surface area contributed by atoms with Crippen LogP contribution in [0.25, 0.3) is 5.69 Å². The van der Waals surface area contributed by atoms with Crippen LogP contribution in [0.2, 0.25) is 0 Å². The molecule has 2 aromatic carbocycles. The number of rotatable bonds is 5. The van der Waals surface area contributed by atoms with Gasteiger partial charge in [-0.15, -0.1) is 0 Å². The van der Waals surface area contributed by atoms with Crippen LogP contribution in [0.1, 0.15) is 22.4 Å². The first kappa shape index (κ1) is 17.6. The minimum absolute atomic E-state index is 0.148. The van der Waals surface area contributed by atoms with Crippen LogP contribution in [0, 0.1) is 19.7 Å². The summed E-state index contributed by atoms with van der Waals surface area (Å²) < 4.78 is 14.9. The lowest BCUT2D eigenvalue weighted by molar-refractivity contribution is -0.120. The summed E-state index contributed by atoms with van der Waals surface area (Å²) in [6.45, 7) is 4.15. The van der Waals surface area contributed by atoms with Crippen LogP contribution in [0.5, 0.6) is 0 Å². The molecule has 0 fully saturated rings. The molecule has 0 aliphatic carbocycles. The molecule has 4 nitrogen and oxygen atoms in total. The van der Waals surface area contributed by atoms with Crippen molar-refractivity contribution in [2.45, 2.75) is 20.3 Å². The average molecular weight is 349 g/mol. The van der Waals surface area contributed by atoms with E-state index in [4.69, 9.17) is 0 Å². The predicted octanol–water partition coefficient (Wildman–Crippen LogP) is 3.93. The van der Waals surface area contributed by atoms with E-state index >= 15 is 0 Å². The maximum atomic E-state index is 12.9. The van der Waals surface area contributed by atoms with Gasteiger partial charge in [0.05, 0.1) is 18.3 Å². The highest BCUT2D eigenvalue weighted by molar-refractivity contribution is 5.83. The van der Waals surface area contributed by atoms with Crippen LogP contribution in [0.3, 0.4) is 0 Å². The number of benzene rings is 2. The van der Waals surface area contributed by atoms with Crippen LogP contribution >= 0.6 is 0 Å². The summed E-state index contributed by atoms with van der Waals surface area (Å²) in [5.74, 6) is -0.572. The second-order valence-corrected chi connectivity index (χ2v) is 6.12. The molecule has 0 atom stereocenters. The van der Waals surface area contributed by atoms with E-state index < -0.39 is 0 Å². The summed E-state index contributed by atoms with van der Waals surface area (Å²) >= 11 is 0. The summed E-state index contributed by atoms with van der Waals surface area (Å²) in [6, 6.07) is 15.9. The van der Waals surface area contributed by atoms with Gasteiger partial charge in [0.1, 0.15) is 5.82 Å². The smallest absolute Gasteiger partial charge is 0.244 e. The summed E-state index contributed by atoms with van der Waals surface area (Å²) in [6.07, 6.45) is 3.73. The number of nitrogens with zero attached hydrogens (tertiary/aromatic N) is 2. The van der Waals surface area contributed by atoms with Crippen LogP contribution in [0.15, 0.2) is 65.9 Å². The van der Waals surface area contributed by atoms with Crippen LogP contribution in [0.4, 0.5) is 4.39 Å². The lowest BCUT2D eigenvalue weighted by atomic mass is 10.1. The first-order chi connectivity index (χ1) is 12.5. The molecule has 132 valence electrons. The van der Waals surface area contributed by atoms with E-state index in [0.717, 1.165) is 16.9 Å². The predicted molar refractivity (Wildman–Crippen MR) is 101 cm³/mol. The first-order valence-electron chi connectivity index (χ1n) is 8.35. The highest BCUT2D eigenvalue weighted by atomic mass is 19.1. The van der Waals surface area contributed by atoms with Crippen molar-refractivity contribution in [3.05, 3.63) is 89.0 Å². The van der Waals surface area contributed by atoms with Gasteiger partial charge in [-0.1, -0.05) is 24.3 Å². The summed E-state index contributed by atoms with van der Waals surface area (Å²) in [7, 11) is 0. The fourth-order valence-electron chi connectivity index (χ4n) is 2.71. The van der Waals surface area contributed by atoms with Crippen LogP contribution < -0.4 is 5.43 Å². The number of amides is 1. The van der Waals surface area contributed by atoms with Gasteiger partial charge < -0.3 is 4.57 Å². The van der Waals surface area contributed by atoms with Crippen molar-refractivity contribution < 1.29 is 9.18 Å². The number of hydrogen-bond donors (Lipinski definition) is 1. The third kappa shape index (κ3) is 4.06. The van der Waals surface area contributed by atoms with Gasteiger partial charge in [-0.25, -0.2) is 9.82 Å². The van der Waals surface area contributed by atoms with Crippen molar-refractivity contribution in [2.24, 2.45) is 5.10 Å². The lowest BCUT2D eigenvalue weighted by Gasteiger charge is -2.11. The fourth-order valence-corrected chi connectivity index (χ4v) is 2.71. The molecule has 1 aromatic heterocycles. The number of carbonyl (C=O) groups is 1. The molecule has 26 heavy (non-hydrogen) atoms. The Kier molecular flexibility index (Phi) is 5.27. The molecule has 3 aromatic rings. The van der Waals surface area contributed by atoms with Gasteiger partial charge in [-0.05, 0) is 60.9 Å². The molecule has 1 amide bonds. The van der Waals surface area contributed by atoms with E-state index in [1.807, 2.05) is 35.0 Å². The zero-order valence-electron chi connectivity index (χ0n) is 14.7. The molecule has 0 saturated carbocycles. The molecule has 0 radical (unpaired) electrons. The van der Waals surface area contributed by atoms with Gasteiger partial charge >= 0.3 is 0 Å². The monoisotopic (exact) mass is 349 g/mol. The van der Waals surface area contributed by atoms with Gasteiger partial charge in [0.15, 0.2) is 0 Å². The molecular formula is C21H20FN3O. The van der Waals surface area contributed by atoms with Gasteiger partial charge in [-0.2, -0.15) is 5.10 Å². The van der Waals surface area contributed by atoms with Gasteiger partial charge in [-0.3, -0.25) is 4.79 Å². The zero-order valence-corrected chi connectivity index (χ0v) is 14.7. The lowest BCUT2D eigenvalue weighted by Crippen LogP contribution is -2.20. The number of aromatic nitrogens is 1. The van der Waals surface area contributed by atoms with Gasteiger partial charge in [0.2, 0.25) is 5.91 Å². The Labute approximate surface area is 152 Å². The Morgan fingerprint density at radius 1 is 1.12 bits per heavy atom. The summed E-state index contributed by atoms with van der Waals surface area (Å²) in [4.78, 5) is 12.0. The number of halogens is 1. The van der Waals surface area contributed by atoms with E-state index in [1.165, 1.54) is 23.3 Å². The Morgan fingerprint density at radius 3 is 2.65 bits per heavy atom. The summed E-state index contributed by atoms with van der Waals surface area (Å²) in [5, 5.41) is 4.05. The molecule has 0 aliphatic rings. The largest absolute Gasteiger partial charge is 0.315 e. The van der Waals surface area contributed by atoms with E-state index in [2.05, 4.69) is 30.4 Å². The number of nitrogens with one attached hydrogen (secondary N) is 1. The Morgan fingerprint density at radius 2 is 1.88 bits per heavy atom. The van der Waals surface area contributed by atoms with Crippen LogP contribution in [-0.2, 0) is 11.2 Å². The minimum Gasteiger partial charge on any atom is -0.315 e. The average Bonchev–Trinajstić information content (AvgIpc) is 3.08. The van der Waals surface area contributed by atoms with E-state index in [-0.39, 0.29) is 18.1 Å². The highest BCUT2D eigenvalue weighted by Gasteiger charge is 2.06. The minimum atomic E-state index is -0.320. The Bertz CT molecular complexity index is 942. The zero-order chi connectivity index (χ0) is 18.5. The van der Waals surface area contributed by atoms with E-state index in [0.29, 0.717) is 0 Å². The first-order valence-corrected chi connectivity index (χ1v) is 8.35. The molecule has 0 bridgehead atoms. The molecule has 0 aliphatic heterocycles. The second kappa shape index (κ2) is 7.78. The molecule has 1 N–H and O–H groups in total. The maximum absolute atomic E-state index is 12.9. The normalized spacial score (nSPS) is 11.0. The molecular weight excluding hydrogens is 329 g/mol. The molecule has 5 heteroatoms. The molecule has 0 unspecified atom stereocenters. The van der Waals surface area contributed by atoms with Crippen LogP contribution in [-0.4, -0.2) is 16.7 Å². The quantitative estimate of drug-likeness (QED) is 0.551. The molecule has 1 heterocycles.